The quantitative estimate of drug-likeness (QED) is 0.176. The van der Waals surface area contributed by atoms with Gasteiger partial charge in [0.25, 0.3) is 8.32 Å². The monoisotopic (exact) mass is 622 g/mol. The van der Waals surface area contributed by atoms with Crippen molar-refractivity contribution < 1.29 is 44.9 Å². The van der Waals surface area contributed by atoms with Crippen LogP contribution in [0.2, 0.25) is 36.3 Å². The minimum Gasteiger partial charge on any atom is 0 e. The summed E-state index contributed by atoms with van der Waals surface area (Å²) in [5.41, 5.74) is 5.71. The van der Waals surface area contributed by atoms with Gasteiger partial charge in [-0.2, -0.15) is 0 Å². The number of hydrogen-bond donors (Lipinski definition) is 0. The summed E-state index contributed by atoms with van der Waals surface area (Å²) in [5.74, 6) is 1.88. The van der Waals surface area contributed by atoms with Gasteiger partial charge in [0.1, 0.15) is 11.5 Å². The summed E-state index contributed by atoms with van der Waals surface area (Å²) in [6.45, 7) is 41.3. The third-order valence-electron chi connectivity index (χ3n) is 7.74. The normalized spacial score (nSPS) is 11.1. The van der Waals surface area contributed by atoms with Gasteiger partial charge in [0.05, 0.1) is 13.7 Å². The Labute approximate surface area is 255 Å². The molecule has 40 heavy (non-hydrogen) atoms. The van der Waals surface area contributed by atoms with Gasteiger partial charge in [0, 0.05) is 28.5 Å². The predicted octanol–water partition coefficient (Wildman–Crippen LogP) is 8.77. The number of methoxy groups -OCH3 is 1. The summed E-state index contributed by atoms with van der Waals surface area (Å²) in [4.78, 5) is 0. The molecule has 0 spiro atoms. The SMILES string of the molecule is COc1cc(C)c(O[Si](C)(C)C(C)(C)C)c(-c2ccccc2CO[Si](C)(C)C(C)(C)C)c1C.[C-]#[O+].[C-]#[O+].[C-]#[O+].[Cr]. The van der Waals surface area contributed by atoms with E-state index in [0.29, 0.717) is 6.61 Å². The molecule has 2 aromatic rings. The van der Waals surface area contributed by atoms with Crippen LogP contribution in [0.3, 0.4) is 0 Å². The summed E-state index contributed by atoms with van der Waals surface area (Å²) in [6.07, 6.45) is 0. The van der Waals surface area contributed by atoms with Crippen molar-refractivity contribution in [2.45, 2.75) is 98.3 Å². The molecule has 2 rings (SSSR count). The molecule has 0 bridgehead atoms. The van der Waals surface area contributed by atoms with Crippen molar-refractivity contribution in [3.63, 3.8) is 0 Å². The van der Waals surface area contributed by atoms with Gasteiger partial charge in [-0.25, -0.2) is 0 Å². The van der Waals surface area contributed by atoms with Crippen LogP contribution >= 0.6 is 0 Å². The first kappa shape index (κ1) is 42.7. The molecule has 0 aromatic heterocycles. The zero-order valence-corrected chi connectivity index (χ0v) is 29.7. The minimum atomic E-state index is -2.05. The van der Waals surface area contributed by atoms with Crippen molar-refractivity contribution in [1.82, 2.24) is 0 Å². The fraction of sp³-hybridized carbons (Fsp3) is 0.516. The third-order valence-corrected chi connectivity index (χ3v) is 16.5. The Kier molecular flexibility index (Phi) is 19.1. The molecule has 9 heteroatoms. The molecule has 0 aliphatic rings. The summed E-state index contributed by atoms with van der Waals surface area (Å²) in [7, 11) is -2.18. The summed E-state index contributed by atoms with van der Waals surface area (Å²) in [5, 5.41) is 0.274. The molecule has 0 aliphatic carbocycles. The Morgan fingerprint density at radius 1 is 0.775 bits per heavy atom. The predicted molar refractivity (Wildman–Crippen MR) is 160 cm³/mol. The van der Waals surface area contributed by atoms with Crippen molar-refractivity contribution in [3.8, 4) is 22.6 Å². The van der Waals surface area contributed by atoms with Crippen molar-refractivity contribution in [3.05, 3.63) is 67.0 Å². The Balaban J connectivity index is -0.00000183. The van der Waals surface area contributed by atoms with E-state index in [-0.39, 0.29) is 27.4 Å². The van der Waals surface area contributed by atoms with Crippen LogP contribution in [-0.4, -0.2) is 23.7 Å². The molecule has 0 heterocycles. The van der Waals surface area contributed by atoms with Crippen LogP contribution in [0.15, 0.2) is 30.3 Å². The van der Waals surface area contributed by atoms with Crippen LogP contribution in [0, 0.1) is 33.8 Å². The Morgan fingerprint density at radius 2 is 1.23 bits per heavy atom. The molecule has 0 fully saturated rings. The maximum absolute atomic E-state index is 7.50. The largest absolute Gasteiger partial charge is 0 e. The second kappa shape index (κ2) is 17.9. The second-order valence-corrected chi connectivity index (χ2v) is 21.8. The first-order valence-electron chi connectivity index (χ1n) is 12.6. The van der Waals surface area contributed by atoms with Gasteiger partial charge >= 0.3 is 33.9 Å². The van der Waals surface area contributed by atoms with E-state index >= 15 is 0 Å². The van der Waals surface area contributed by atoms with Crippen LogP contribution in [0.4, 0.5) is 0 Å². The van der Waals surface area contributed by atoms with Gasteiger partial charge in [-0.3, -0.25) is 0 Å². The fourth-order valence-electron chi connectivity index (χ4n) is 3.30. The van der Waals surface area contributed by atoms with Crippen LogP contribution in [0.1, 0.15) is 58.2 Å². The van der Waals surface area contributed by atoms with Gasteiger partial charge in [-0.15, -0.1) is 0 Å². The molecule has 0 radical (unpaired) electrons. The van der Waals surface area contributed by atoms with E-state index in [1.807, 2.05) is 0 Å². The average molecular weight is 623 g/mol. The molecule has 6 nitrogen and oxygen atoms in total. The smallest absolute Gasteiger partial charge is 0 e. The van der Waals surface area contributed by atoms with E-state index < -0.39 is 16.6 Å². The summed E-state index contributed by atoms with van der Waals surface area (Å²) in [6, 6.07) is 10.7. The minimum absolute atomic E-state index is 0. The Bertz CT molecular complexity index is 1110. The summed E-state index contributed by atoms with van der Waals surface area (Å²) < 4.78 is 41.9. The van der Waals surface area contributed by atoms with E-state index in [4.69, 9.17) is 27.5 Å². The van der Waals surface area contributed by atoms with Crippen molar-refractivity contribution >= 4 is 16.6 Å². The molecule has 0 saturated heterocycles. The van der Waals surface area contributed by atoms with Gasteiger partial charge < -0.3 is 13.6 Å². The summed E-state index contributed by atoms with van der Waals surface area (Å²) >= 11 is 0. The molecule has 0 atom stereocenters. The van der Waals surface area contributed by atoms with Crippen LogP contribution in [0.25, 0.3) is 11.1 Å². The maximum Gasteiger partial charge on any atom is 0 e. The van der Waals surface area contributed by atoms with E-state index in [9.17, 15) is 0 Å². The molecule has 0 amide bonds. The van der Waals surface area contributed by atoms with Crippen molar-refractivity contribution in [2.75, 3.05) is 7.11 Å². The van der Waals surface area contributed by atoms with Crippen LogP contribution < -0.4 is 9.16 Å². The number of benzene rings is 2. The van der Waals surface area contributed by atoms with Gasteiger partial charge in [0.15, 0.2) is 8.32 Å². The standard InChI is InChI=1S/C28H46O3Si2.3CO.Cr/c1-20-18-24(29-9)21(2)25(26(20)31-33(12,13)28(6,7)8)23-17-15-14-16-22(23)19-30-32(10,11)27(3,4)5;3*1-2;/h14-18H,19H2,1-13H3;;;;. The van der Waals surface area contributed by atoms with E-state index in [1.54, 1.807) is 7.11 Å². The van der Waals surface area contributed by atoms with Crippen molar-refractivity contribution in [2.24, 2.45) is 0 Å². The first-order chi connectivity index (χ1) is 17.9. The first-order valence-corrected chi connectivity index (χ1v) is 18.5. The number of hydrogen-bond acceptors (Lipinski definition) is 3. The number of rotatable bonds is 7. The third kappa shape index (κ3) is 10.9. The van der Waals surface area contributed by atoms with Gasteiger partial charge in [-0.1, -0.05) is 65.8 Å². The van der Waals surface area contributed by atoms with Crippen LogP contribution in [0.5, 0.6) is 11.5 Å². The van der Waals surface area contributed by atoms with E-state index in [1.165, 1.54) is 11.1 Å². The molecular formula is C31H46CrO6Si2. The maximum atomic E-state index is 7.50. The van der Waals surface area contributed by atoms with Crippen molar-refractivity contribution in [1.29, 1.82) is 0 Å². The Morgan fingerprint density at radius 3 is 1.65 bits per heavy atom. The zero-order chi connectivity index (χ0) is 31.4. The second-order valence-electron chi connectivity index (χ2n) is 12.3. The van der Waals surface area contributed by atoms with E-state index in [2.05, 4.69) is 132 Å². The molecule has 0 aliphatic heterocycles. The number of ether oxygens (including phenoxy) is 1. The fourth-order valence-corrected chi connectivity index (χ4v) is 5.33. The van der Waals surface area contributed by atoms with E-state index in [0.717, 1.165) is 28.2 Å². The topological polar surface area (TPSA) is 87.4 Å². The molecule has 220 valence electrons. The molecule has 0 saturated carbocycles. The number of aryl methyl sites for hydroxylation is 1. The molecule has 0 N–H and O–H groups in total. The van der Waals surface area contributed by atoms with Crippen LogP contribution in [-0.2, 0) is 42.4 Å². The zero-order valence-electron chi connectivity index (χ0n) is 26.5. The van der Waals surface area contributed by atoms with Gasteiger partial charge in [-0.05, 0) is 72.9 Å². The van der Waals surface area contributed by atoms with Gasteiger partial charge in [0.2, 0.25) is 0 Å². The molecule has 0 unspecified atom stereocenters. The molecule has 2 aromatic carbocycles. The Hall–Kier alpha value is -1.81. The average Bonchev–Trinajstić information content (AvgIpc) is 2.87. The molecular weight excluding hydrogens is 577 g/mol.